The van der Waals surface area contributed by atoms with E-state index < -0.39 is 0 Å². The molecule has 2 aromatic rings. The molecule has 148 valence electrons. The molecular formula is C25H36O2. The van der Waals surface area contributed by atoms with Crippen LogP contribution < -0.4 is 0 Å². The van der Waals surface area contributed by atoms with Crippen molar-refractivity contribution in [1.29, 1.82) is 0 Å². The topological polar surface area (TPSA) is 40.5 Å². The third kappa shape index (κ3) is 5.51. The molecule has 0 saturated carbocycles. The molecule has 0 amide bonds. The van der Waals surface area contributed by atoms with E-state index in [2.05, 4.69) is 53.7 Å². The SMILES string of the molecule is CCCCCCc1cc(C)cc(Cc2cc(C)cc(C(C)(C)C)c2O)c1O. The van der Waals surface area contributed by atoms with Gasteiger partial charge in [-0.25, -0.2) is 0 Å². The lowest BCUT2D eigenvalue weighted by atomic mass is 9.83. The van der Waals surface area contributed by atoms with Gasteiger partial charge in [-0.3, -0.25) is 0 Å². The summed E-state index contributed by atoms with van der Waals surface area (Å²) in [7, 11) is 0. The molecule has 0 aromatic heterocycles. The minimum absolute atomic E-state index is 0.121. The Kier molecular flexibility index (Phi) is 6.97. The molecule has 0 radical (unpaired) electrons. The normalized spacial score (nSPS) is 11.8. The Morgan fingerprint density at radius 1 is 0.741 bits per heavy atom. The number of benzene rings is 2. The van der Waals surface area contributed by atoms with Crippen LogP contribution in [-0.4, -0.2) is 10.2 Å². The predicted octanol–water partition coefficient (Wildman–Crippen LogP) is 6.73. The number of hydrogen-bond acceptors (Lipinski definition) is 2. The first-order chi connectivity index (χ1) is 12.6. The van der Waals surface area contributed by atoms with Crippen molar-refractivity contribution in [3.8, 4) is 11.5 Å². The number of phenolic OH excluding ortho intramolecular Hbond substituents is 2. The smallest absolute Gasteiger partial charge is 0.122 e. The average molecular weight is 369 g/mol. The summed E-state index contributed by atoms with van der Waals surface area (Å²) >= 11 is 0. The molecular weight excluding hydrogens is 332 g/mol. The summed E-state index contributed by atoms with van der Waals surface area (Å²) in [5.74, 6) is 0.758. The van der Waals surface area contributed by atoms with E-state index in [0.29, 0.717) is 17.9 Å². The first-order valence-corrected chi connectivity index (χ1v) is 10.3. The minimum atomic E-state index is -0.121. The van der Waals surface area contributed by atoms with Crippen LogP contribution in [0.15, 0.2) is 24.3 Å². The van der Waals surface area contributed by atoms with Crippen LogP contribution in [0.1, 0.15) is 86.8 Å². The number of hydrogen-bond donors (Lipinski definition) is 2. The molecule has 0 fully saturated rings. The van der Waals surface area contributed by atoms with Crippen LogP contribution in [0.3, 0.4) is 0 Å². The summed E-state index contributed by atoms with van der Waals surface area (Å²) in [5.41, 5.74) is 5.97. The molecule has 0 unspecified atom stereocenters. The number of unbranched alkanes of at least 4 members (excludes halogenated alkanes) is 3. The first kappa shape index (κ1) is 21.3. The highest BCUT2D eigenvalue weighted by Gasteiger charge is 2.21. The highest BCUT2D eigenvalue weighted by Crippen LogP contribution is 2.37. The van der Waals surface area contributed by atoms with Gasteiger partial charge in [-0.15, -0.1) is 0 Å². The summed E-state index contributed by atoms with van der Waals surface area (Å²) in [5, 5.41) is 21.7. The third-order valence-corrected chi connectivity index (χ3v) is 5.23. The van der Waals surface area contributed by atoms with E-state index in [4.69, 9.17) is 0 Å². The van der Waals surface area contributed by atoms with Crippen molar-refractivity contribution < 1.29 is 10.2 Å². The number of aryl methyl sites for hydroxylation is 3. The van der Waals surface area contributed by atoms with Gasteiger partial charge in [0.05, 0.1) is 0 Å². The first-order valence-electron chi connectivity index (χ1n) is 10.3. The molecule has 27 heavy (non-hydrogen) atoms. The summed E-state index contributed by atoms with van der Waals surface area (Å²) in [6.45, 7) is 12.7. The number of rotatable bonds is 7. The molecule has 2 N–H and O–H groups in total. The highest BCUT2D eigenvalue weighted by atomic mass is 16.3. The molecule has 0 aliphatic carbocycles. The second kappa shape index (κ2) is 8.82. The van der Waals surface area contributed by atoms with Crippen LogP contribution in [0.25, 0.3) is 0 Å². The van der Waals surface area contributed by atoms with Crippen molar-refractivity contribution in [2.45, 2.75) is 85.5 Å². The van der Waals surface area contributed by atoms with Crippen molar-refractivity contribution >= 4 is 0 Å². The number of aromatic hydroxyl groups is 2. The molecule has 0 aliphatic rings. The van der Waals surface area contributed by atoms with E-state index in [-0.39, 0.29) is 5.41 Å². The molecule has 0 spiro atoms. The molecule has 2 rings (SSSR count). The van der Waals surface area contributed by atoms with Crippen LogP contribution in [-0.2, 0) is 18.3 Å². The fourth-order valence-electron chi connectivity index (χ4n) is 3.77. The van der Waals surface area contributed by atoms with Gasteiger partial charge in [0.25, 0.3) is 0 Å². The van der Waals surface area contributed by atoms with E-state index in [1.54, 1.807) is 0 Å². The van der Waals surface area contributed by atoms with Crippen LogP contribution in [0, 0.1) is 13.8 Å². The van der Waals surface area contributed by atoms with Gasteiger partial charge < -0.3 is 10.2 Å². The van der Waals surface area contributed by atoms with Crippen molar-refractivity contribution in [2.24, 2.45) is 0 Å². The quantitative estimate of drug-likeness (QED) is 0.532. The largest absolute Gasteiger partial charge is 0.507 e. The lowest BCUT2D eigenvalue weighted by molar-refractivity contribution is 0.439. The van der Waals surface area contributed by atoms with Crippen LogP contribution in [0.5, 0.6) is 11.5 Å². The van der Waals surface area contributed by atoms with Gasteiger partial charge in [0, 0.05) is 6.42 Å². The zero-order chi connectivity index (χ0) is 20.2. The fourth-order valence-corrected chi connectivity index (χ4v) is 3.77. The number of phenols is 2. The van der Waals surface area contributed by atoms with Crippen molar-refractivity contribution in [2.75, 3.05) is 0 Å². The van der Waals surface area contributed by atoms with Gasteiger partial charge in [-0.1, -0.05) is 82.3 Å². The molecule has 0 atom stereocenters. The lowest BCUT2D eigenvalue weighted by Crippen LogP contribution is -2.12. The fraction of sp³-hybridized carbons (Fsp3) is 0.520. The average Bonchev–Trinajstić information content (AvgIpc) is 2.57. The van der Waals surface area contributed by atoms with E-state index in [1.165, 1.54) is 19.3 Å². The van der Waals surface area contributed by atoms with Crippen LogP contribution >= 0.6 is 0 Å². The Bertz CT molecular complexity index is 782. The van der Waals surface area contributed by atoms with Crippen LogP contribution in [0.4, 0.5) is 0 Å². The Balaban J connectivity index is 2.35. The maximum absolute atomic E-state index is 10.9. The Hall–Kier alpha value is -1.96. The molecule has 0 bridgehead atoms. The zero-order valence-electron chi connectivity index (χ0n) is 17.9. The van der Waals surface area contributed by atoms with Gasteiger partial charge in [0.15, 0.2) is 0 Å². The standard InChI is InChI=1S/C25H36O2/c1-7-8-9-10-11-19-12-17(2)13-20(23(19)26)16-21-14-18(3)15-22(24(21)27)25(4,5)6/h12-15,26-27H,7-11,16H2,1-6H3. The summed E-state index contributed by atoms with van der Waals surface area (Å²) in [6, 6.07) is 8.24. The van der Waals surface area contributed by atoms with Gasteiger partial charge in [-0.2, -0.15) is 0 Å². The zero-order valence-corrected chi connectivity index (χ0v) is 17.9. The maximum Gasteiger partial charge on any atom is 0.122 e. The molecule has 0 saturated heterocycles. The molecule has 2 heteroatoms. The van der Waals surface area contributed by atoms with Crippen molar-refractivity contribution in [3.05, 3.63) is 57.6 Å². The minimum Gasteiger partial charge on any atom is -0.507 e. The van der Waals surface area contributed by atoms with E-state index in [1.807, 2.05) is 12.1 Å². The predicted molar refractivity (Wildman–Crippen MR) is 115 cm³/mol. The Morgan fingerprint density at radius 3 is 1.89 bits per heavy atom. The monoisotopic (exact) mass is 368 g/mol. The van der Waals surface area contributed by atoms with E-state index in [9.17, 15) is 10.2 Å². The molecule has 0 aliphatic heterocycles. The van der Waals surface area contributed by atoms with Gasteiger partial charge in [0.1, 0.15) is 11.5 Å². The van der Waals surface area contributed by atoms with Crippen molar-refractivity contribution in [3.63, 3.8) is 0 Å². The summed E-state index contributed by atoms with van der Waals surface area (Å²) < 4.78 is 0. The van der Waals surface area contributed by atoms with E-state index in [0.717, 1.165) is 46.2 Å². The molecule has 0 heterocycles. The van der Waals surface area contributed by atoms with Gasteiger partial charge >= 0.3 is 0 Å². The summed E-state index contributed by atoms with van der Waals surface area (Å²) in [6.07, 6.45) is 6.22. The Morgan fingerprint density at radius 2 is 1.30 bits per heavy atom. The van der Waals surface area contributed by atoms with Crippen LogP contribution in [0.2, 0.25) is 0 Å². The lowest BCUT2D eigenvalue weighted by Gasteiger charge is -2.23. The summed E-state index contributed by atoms with van der Waals surface area (Å²) in [4.78, 5) is 0. The molecule has 2 nitrogen and oxygen atoms in total. The second-order valence-electron chi connectivity index (χ2n) is 8.99. The van der Waals surface area contributed by atoms with Gasteiger partial charge in [-0.05, 0) is 54.4 Å². The molecule has 2 aromatic carbocycles. The van der Waals surface area contributed by atoms with E-state index >= 15 is 0 Å². The highest BCUT2D eigenvalue weighted by molar-refractivity contribution is 5.52. The second-order valence-corrected chi connectivity index (χ2v) is 8.99. The maximum atomic E-state index is 10.9. The Labute approximate surface area is 165 Å². The third-order valence-electron chi connectivity index (χ3n) is 5.23. The van der Waals surface area contributed by atoms with Gasteiger partial charge in [0.2, 0.25) is 0 Å². The van der Waals surface area contributed by atoms with Crippen molar-refractivity contribution in [1.82, 2.24) is 0 Å².